The maximum Gasteiger partial charge on any atom is 0.423 e. The molecule has 0 aromatic carbocycles. The van der Waals surface area contributed by atoms with Crippen molar-refractivity contribution in [3.8, 4) is 0 Å². The molecule has 1 aliphatic rings. The lowest BCUT2D eigenvalue weighted by atomic mass is 9.90. The molecule has 0 amide bonds. The predicted octanol–water partition coefficient (Wildman–Crippen LogP) is 2.16. The summed E-state index contributed by atoms with van der Waals surface area (Å²) >= 11 is 0. The zero-order chi connectivity index (χ0) is 11.5. The molecule has 0 saturated carbocycles. The van der Waals surface area contributed by atoms with Gasteiger partial charge in [-0.1, -0.05) is 12.5 Å². The maximum absolute atomic E-state index is 12.6. The minimum absolute atomic E-state index is 0.0880. The fraction of sp³-hybridized carbons (Fsp3) is 0.800. The van der Waals surface area contributed by atoms with Gasteiger partial charge in [0.1, 0.15) is 0 Å². The highest BCUT2D eigenvalue weighted by Gasteiger charge is 2.55. The van der Waals surface area contributed by atoms with Crippen molar-refractivity contribution in [3.05, 3.63) is 11.6 Å². The van der Waals surface area contributed by atoms with Crippen LogP contribution in [0.2, 0.25) is 0 Å². The van der Waals surface area contributed by atoms with E-state index in [0.29, 0.717) is 12.8 Å². The number of halogens is 3. The van der Waals surface area contributed by atoms with Crippen LogP contribution in [0.5, 0.6) is 0 Å². The number of rotatable bonds is 2. The molecule has 0 bridgehead atoms. The van der Waals surface area contributed by atoms with E-state index in [4.69, 9.17) is 5.11 Å². The zero-order valence-electron chi connectivity index (χ0n) is 8.35. The maximum atomic E-state index is 12.6. The van der Waals surface area contributed by atoms with Crippen LogP contribution in [-0.2, 0) is 0 Å². The molecule has 88 valence electrons. The molecular formula is C10H15F3O2. The van der Waals surface area contributed by atoms with Gasteiger partial charge in [-0.2, -0.15) is 13.2 Å². The van der Waals surface area contributed by atoms with Crippen LogP contribution in [0, 0.1) is 0 Å². The van der Waals surface area contributed by atoms with Gasteiger partial charge < -0.3 is 10.2 Å². The molecule has 0 fully saturated rings. The lowest BCUT2D eigenvalue weighted by Gasteiger charge is -2.31. The summed E-state index contributed by atoms with van der Waals surface area (Å²) in [5, 5.41) is 18.2. The predicted molar refractivity (Wildman–Crippen MR) is 49.3 cm³/mol. The van der Waals surface area contributed by atoms with Crippen LogP contribution in [0.25, 0.3) is 0 Å². The molecule has 0 aliphatic heterocycles. The Bertz CT molecular complexity index is 248. The van der Waals surface area contributed by atoms with Crippen molar-refractivity contribution in [1.82, 2.24) is 0 Å². The second kappa shape index (κ2) is 4.53. The van der Waals surface area contributed by atoms with E-state index in [1.54, 1.807) is 0 Å². The van der Waals surface area contributed by atoms with Crippen LogP contribution < -0.4 is 0 Å². The summed E-state index contributed by atoms with van der Waals surface area (Å²) in [5.74, 6) is 0. The molecule has 15 heavy (non-hydrogen) atoms. The average molecular weight is 224 g/mol. The van der Waals surface area contributed by atoms with Crippen LogP contribution >= 0.6 is 0 Å². The van der Waals surface area contributed by atoms with Gasteiger partial charge in [-0.15, -0.1) is 0 Å². The molecule has 0 saturated heterocycles. The van der Waals surface area contributed by atoms with Crippen molar-refractivity contribution in [2.45, 2.75) is 43.9 Å². The molecular weight excluding hydrogens is 209 g/mol. The summed E-state index contributed by atoms with van der Waals surface area (Å²) in [5.41, 5.74) is -3.13. The fourth-order valence-electron chi connectivity index (χ4n) is 1.76. The van der Waals surface area contributed by atoms with Gasteiger partial charge in [0.2, 0.25) is 5.60 Å². The third-order valence-electron chi connectivity index (χ3n) is 2.77. The van der Waals surface area contributed by atoms with Crippen LogP contribution in [0.15, 0.2) is 11.6 Å². The monoisotopic (exact) mass is 224 g/mol. The standard InChI is InChI=1S/C10H15F3O2/c11-10(12,13)9(15,7-14)8-5-3-1-2-4-6-8/h5,14-15H,1-4,6-7H2. The Morgan fingerprint density at radius 1 is 1.20 bits per heavy atom. The lowest BCUT2D eigenvalue weighted by molar-refractivity contribution is -0.255. The number of aliphatic hydroxyl groups is 2. The third-order valence-corrected chi connectivity index (χ3v) is 2.77. The van der Waals surface area contributed by atoms with E-state index >= 15 is 0 Å². The molecule has 0 heterocycles. The van der Waals surface area contributed by atoms with Crippen molar-refractivity contribution in [3.63, 3.8) is 0 Å². The third kappa shape index (κ3) is 2.52. The Morgan fingerprint density at radius 2 is 1.87 bits per heavy atom. The molecule has 1 rings (SSSR count). The summed E-state index contributed by atoms with van der Waals surface area (Å²) in [6.07, 6.45) is -0.328. The molecule has 5 heteroatoms. The molecule has 0 spiro atoms. The van der Waals surface area contributed by atoms with E-state index in [0.717, 1.165) is 12.8 Å². The number of hydrogen-bond acceptors (Lipinski definition) is 2. The van der Waals surface area contributed by atoms with E-state index < -0.39 is 18.4 Å². The smallest absolute Gasteiger partial charge is 0.393 e. The first kappa shape index (κ1) is 12.5. The topological polar surface area (TPSA) is 40.5 Å². The highest BCUT2D eigenvalue weighted by atomic mass is 19.4. The first-order chi connectivity index (χ1) is 6.92. The first-order valence-electron chi connectivity index (χ1n) is 5.01. The van der Waals surface area contributed by atoms with Crippen LogP contribution in [0.1, 0.15) is 32.1 Å². The van der Waals surface area contributed by atoms with Crippen LogP contribution in [0.3, 0.4) is 0 Å². The molecule has 2 N–H and O–H groups in total. The van der Waals surface area contributed by atoms with Crippen LogP contribution in [-0.4, -0.2) is 28.6 Å². The van der Waals surface area contributed by atoms with Crippen LogP contribution in [0.4, 0.5) is 13.2 Å². The molecule has 1 unspecified atom stereocenters. The zero-order valence-corrected chi connectivity index (χ0v) is 8.35. The Balaban J connectivity index is 2.94. The van der Waals surface area contributed by atoms with Gasteiger partial charge >= 0.3 is 6.18 Å². The summed E-state index contributed by atoms with van der Waals surface area (Å²) in [4.78, 5) is 0. The van der Waals surface area contributed by atoms with Crippen molar-refractivity contribution in [2.75, 3.05) is 6.61 Å². The van der Waals surface area contributed by atoms with Gasteiger partial charge in [0, 0.05) is 0 Å². The van der Waals surface area contributed by atoms with Gasteiger partial charge in [-0.05, 0) is 31.3 Å². The second-order valence-electron chi connectivity index (χ2n) is 3.84. The highest BCUT2D eigenvalue weighted by Crippen LogP contribution is 2.39. The number of alkyl halides is 3. The summed E-state index contributed by atoms with van der Waals surface area (Å²) < 4.78 is 37.7. The van der Waals surface area contributed by atoms with Crippen molar-refractivity contribution >= 4 is 0 Å². The molecule has 2 nitrogen and oxygen atoms in total. The summed E-state index contributed by atoms with van der Waals surface area (Å²) in [6.45, 7) is -1.30. The fourth-order valence-corrected chi connectivity index (χ4v) is 1.76. The molecule has 0 aromatic rings. The van der Waals surface area contributed by atoms with E-state index in [1.807, 2.05) is 0 Å². The average Bonchev–Trinajstić information content (AvgIpc) is 2.43. The number of hydrogen-bond donors (Lipinski definition) is 2. The molecule has 1 aliphatic carbocycles. The van der Waals surface area contributed by atoms with E-state index in [1.165, 1.54) is 6.08 Å². The highest BCUT2D eigenvalue weighted by molar-refractivity contribution is 5.21. The normalized spacial score (nSPS) is 22.9. The van der Waals surface area contributed by atoms with Crippen molar-refractivity contribution in [1.29, 1.82) is 0 Å². The quantitative estimate of drug-likeness (QED) is 0.706. The van der Waals surface area contributed by atoms with E-state index in [2.05, 4.69) is 0 Å². The van der Waals surface area contributed by atoms with E-state index in [-0.39, 0.29) is 12.0 Å². The molecule has 0 aromatic heterocycles. The summed E-state index contributed by atoms with van der Waals surface area (Å²) in [6, 6.07) is 0. The minimum atomic E-state index is -4.81. The van der Waals surface area contributed by atoms with E-state index in [9.17, 15) is 18.3 Å². The van der Waals surface area contributed by atoms with Gasteiger partial charge in [0.15, 0.2) is 0 Å². The molecule has 0 radical (unpaired) electrons. The Kier molecular flexibility index (Phi) is 3.78. The Labute approximate surface area is 86.4 Å². The summed E-state index contributed by atoms with van der Waals surface area (Å²) in [7, 11) is 0. The largest absolute Gasteiger partial charge is 0.423 e. The second-order valence-corrected chi connectivity index (χ2v) is 3.84. The SMILES string of the molecule is OCC(O)(C1=CCCCCC1)C(F)(F)F. The Morgan fingerprint density at radius 3 is 2.40 bits per heavy atom. The Hall–Kier alpha value is -0.550. The minimum Gasteiger partial charge on any atom is -0.393 e. The van der Waals surface area contributed by atoms with Gasteiger partial charge in [-0.25, -0.2) is 0 Å². The lowest BCUT2D eigenvalue weighted by Crippen LogP contribution is -2.50. The van der Waals surface area contributed by atoms with Gasteiger partial charge in [0.05, 0.1) is 6.61 Å². The van der Waals surface area contributed by atoms with Crippen molar-refractivity contribution < 1.29 is 23.4 Å². The van der Waals surface area contributed by atoms with Gasteiger partial charge in [-0.3, -0.25) is 0 Å². The number of aliphatic hydroxyl groups excluding tert-OH is 1. The molecule has 1 atom stereocenters. The number of allylic oxidation sites excluding steroid dienone is 1. The van der Waals surface area contributed by atoms with Crippen molar-refractivity contribution in [2.24, 2.45) is 0 Å². The van der Waals surface area contributed by atoms with Gasteiger partial charge in [0.25, 0.3) is 0 Å². The first-order valence-corrected chi connectivity index (χ1v) is 5.01.